The van der Waals surface area contributed by atoms with Gasteiger partial charge in [0.1, 0.15) is 0 Å². The predicted octanol–water partition coefficient (Wildman–Crippen LogP) is 2.60. The van der Waals surface area contributed by atoms with Crippen LogP contribution in [0.3, 0.4) is 0 Å². The van der Waals surface area contributed by atoms with E-state index in [1.165, 1.54) is 0 Å². The van der Waals surface area contributed by atoms with Crippen LogP contribution in [0.2, 0.25) is 0 Å². The molecule has 0 saturated heterocycles. The molecule has 0 unspecified atom stereocenters. The maximum absolute atomic E-state index is 4.72. The maximum Gasteiger partial charge on any atom is 0.158 e. The number of hydrogen-bond donors (Lipinski definition) is 0. The van der Waals surface area contributed by atoms with Crippen LogP contribution in [0.25, 0.3) is 0 Å². The lowest BCUT2D eigenvalue weighted by Crippen LogP contribution is -1.89. The molecule has 0 atom stereocenters. The molecule has 0 aliphatic heterocycles. The minimum absolute atomic E-state index is 0.505. The maximum atomic E-state index is 4.72. The summed E-state index contributed by atoms with van der Waals surface area (Å²) in [6.07, 6.45) is 7.38. The molecule has 2 nitrogen and oxygen atoms in total. The van der Waals surface area contributed by atoms with Crippen molar-refractivity contribution in [3.8, 4) is 0 Å². The van der Waals surface area contributed by atoms with E-state index in [1.807, 2.05) is 32.1 Å². The van der Waals surface area contributed by atoms with Crippen LogP contribution in [-0.2, 0) is 9.78 Å². The smallest absolute Gasteiger partial charge is 0.158 e. The summed E-state index contributed by atoms with van der Waals surface area (Å²) in [6.45, 7) is 7.91. The highest BCUT2D eigenvalue weighted by Gasteiger charge is 1.85. The van der Waals surface area contributed by atoms with Crippen molar-refractivity contribution in [2.45, 2.75) is 13.8 Å². The number of rotatable bonds is 5. The highest BCUT2D eigenvalue weighted by Crippen LogP contribution is 1.96. The molecule has 0 rings (SSSR count). The zero-order valence-corrected chi connectivity index (χ0v) is 7.04. The van der Waals surface area contributed by atoms with Crippen LogP contribution >= 0.6 is 0 Å². The van der Waals surface area contributed by atoms with Gasteiger partial charge in [0.2, 0.25) is 0 Å². The highest BCUT2D eigenvalue weighted by molar-refractivity contribution is 5.13. The normalized spacial score (nSPS) is 11.1. The fourth-order valence-corrected chi connectivity index (χ4v) is 0.436. The van der Waals surface area contributed by atoms with Crippen molar-refractivity contribution in [2.24, 2.45) is 0 Å². The van der Waals surface area contributed by atoms with Crippen LogP contribution in [0, 0.1) is 0 Å². The van der Waals surface area contributed by atoms with Gasteiger partial charge in [-0.2, -0.15) is 4.89 Å². The fourth-order valence-electron chi connectivity index (χ4n) is 0.436. The minimum Gasteiger partial charge on any atom is -0.338 e. The van der Waals surface area contributed by atoms with Crippen molar-refractivity contribution in [2.75, 3.05) is 6.61 Å². The van der Waals surface area contributed by atoms with E-state index in [-0.39, 0.29) is 0 Å². The van der Waals surface area contributed by atoms with Crippen molar-refractivity contribution < 1.29 is 9.78 Å². The Labute approximate surface area is 67.7 Å². The molecule has 62 valence electrons. The molecule has 2 heteroatoms. The summed E-state index contributed by atoms with van der Waals surface area (Å²) < 4.78 is 0. The third kappa shape index (κ3) is 6.87. The fraction of sp³-hybridized carbons (Fsp3) is 0.333. The standard InChI is InChI=1S/C9H14O2/c1-4-6-7-8-9(3)11-10-5-2/h4,6-8H,3,5H2,1-2H3/b6-4-,8-7+. The number of allylic oxidation sites excluding steroid dienone is 4. The van der Waals surface area contributed by atoms with E-state index in [1.54, 1.807) is 6.08 Å². The molecule has 0 spiro atoms. The molecule has 0 aromatic heterocycles. The molecule has 0 saturated carbocycles. The third-order valence-corrected chi connectivity index (χ3v) is 0.869. The van der Waals surface area contributed by atoms with Crippen LogP contribution in [0.15, 0.2) is 36.6 Å². The molecule has 0 aromatic rings. The molecule has 0 N–H and O–H groups in total. The van der Waals surface area contributed by atoms with E-state index in [0.29, 0.717) is 12.4 Å². The monoisotopic (exact) mass is 154 g/mol. The van der Waals surface area contributed by atoms with Gasteiger partial charge in [0.05, 0.1) is 6.61 Å². The summed E-state index contributed by atoms with van der Waals surface area (Å²) in [5.74, 6) is 0.505. The van der Waals surface area contributed by atoms with Crippen LogP contribution in [0.1, 0.15) is 13.8 Å². The van der Waals surface area contributed by atoms with Gasteiger partial charge in [-0.05, 0) is 19.9 Å². The summed E-state index contributed by atoms with van der Waals surface area (Å²) in [6, 6.07) is 0. The van der Waals surface area contributed by atoms with Gasteiger partial charge >= 0.3 is 0 Å². The molecule has 0 heterocycles. The zero-order valence-electron chi connectivity index (χ0n) is 7.04. The Hall–Kier alpha value is -1.02. The Morgan fingerprint density at radius 1 is 1.45 bits per heavy atom. The quantitative estimate of drug-likeness (QED) is 0.262. The van der Waals surface area contributed by atoms with Crippen LogP contribution in [0.5, 0.6) is 0 Å². The topological polar surface area (TPSA) is 18.5 Å². The summed E-state index contributed by atoms with van der Waals surface area (Å²) in [5, 5.41) is 0. The van der Waals surface area contributed by atoms with Crippen molar-refractivity contribution in [3.63, 3.8) is 0 Å². The van der Waals surface area contributed by atoms with Crippen LogP contribution < -0.4 is 0 Å². The van der Waals surface area contributed by atoms with Crippen LogP contribution in [0.4, 0.5) is 0 Å². The molecule has 0 fully saturated rings. The van der Waals surface area contributed by atoms with E-state index >= 15 is 0 Å². The zero-order chi connectivity index (χ0) is 8.53. The van der Waals surface area contributed by atoms with Gasteiger partial charge in [-0.1, -0.05) is 24.8 Å². The predicted molar refractivity (Wildman–Crippen MR) is 45.8 cm³/mol. The van der Waals surface area contributed by atoms with Gasteiger partial charge in [-0.3, -0.25) is 0 Å². The number of hydrogen-bond acceptors (Lipinski definition) is 2. The lowest BCUT2D eigenvalue weighted by Gasteiger charge is -1.99. The summed E-state index contributed by atoms with van der Waals surface area (Å²) in [7, 11) is 0. The lowest BCUT2D eigenvalue weighted by atomic mass is 10.4. The molecule has 0 aromatic carbocycles. The van der Waals surface area contributed by atoms with Crippen molar-refractivity contribution in [1.29, 1.82) is 0 Å². The second kappa shape index (κ2) is 7.09. The molecule has 0 aliphatic rings. The minimum atomic E-state index is 0.505. The summed E-state index contributed by atoms with van der Waals surface area (Å²) in [4.78, 5) is 9.37. The third-order valence-electron chi connectivity index (χ3n) is 0.869. The summed E-state index contributed by atoms with van der Waals surface area (Å²) >= 11 is 0. The van der Waals surface area contributed by atoms with Crippen LogP contribution in [-0.4, -0.2) is 6.61 Å². The first-order chi connectivity index (χ1) is 5.31. The van der Waals surface area contributed by atoms with Gasteiger partial charge < -0.3 is 4.89 Å². The molecule has 0 aliphatic carbocycles. The van der Waals surface area contributed by atoms with E-state index in [0.717, 1.165) is 0 Å². The van der Waals surface area contributed by atoms with Crippen molar-refractivity contribution in [3.05, 3.63) is 36.6 Å². The average Bonchev–Trinajstić information content (AvgIpc) is 2.01. The Kier molecular flexibility index (Phi) is 6.43. The van der Waals surface area contributed by atoms with E-state index in [2.05, 4.69) is 11.5 Å². The van der Waals surface area contributed by atoms with Crippen molar-refractivity contribution in [1.82, 2.24) is 0 Å². The average molecular weight is 154 g/mol. The van der Waals surface area contributed by atoms with Gasteiger partial charge in [0.25, 0.3) is 0 Å². The van der Waals surface area contributed by atoms with Gasteiger partial charge in [-0.15, -0.1) is 0 Å². The molecule has 11 heavy (non-hydrogen) atoms. The first kappa shape index (κ1) is 9.98. The molecule has 0 radical (unpaired) electrons. The van der Waals surface area contributed by atoms with Crippen molar-refractivity contribution >= 4 is 0 Å². The molecular weight excluding hydrogens is 140 g/mol. The molecule has 0 amide bonds. The largest absolute Gasteiger partial charge is 0.338 e. The first-order valence-electron chi connectivity index (χ1n) is 3.59. The molecule has 0 bridgehead atoms. The van der Waals surface area contributed by atoms with E-state index in [4.69, 9.17) is 4.89 Å². The highest BCUT2D eigenvalue weighted by atomic mass is 17.2. The van der Waals surface area contributed by atoms with Gasteiger partial charge in [-0.25, -0.2) is 0 Å². The molecular formula is C9H14O2. The summed E-state index contributed by atoms with van der Waals surface area (Å²) in [5.41, 5.74) is 0. The SMILES string of the molecule is C=C(/C=C/C=C\C)OOCC. The van der Waals surface area contributed by atoms with Gasteiger partial charge in [0.15, 0.2) is 5.76 Å². The second-order valence-corrected chi connectivity index (χ2v) is 1.84. The van der Waals surface area contributed by atoms with E-state index in [9.17, 15) is 0 Å². The second-order valence-electron chi connectivity index (χ2n) is 1.84. The van der Waals surface area contributed by atoms with Gasteiger partial charge in [0, 0.05) is 0 Å². The first-order valence-corrected chi connectivity index (χ1v) is 3.59. The lowest BCUT2D eigenvalue weighted by molar-refractivity contribution is -0.253. The Morgan fingerprint density at radius 2 is 2.18 bits per heavy atom. The van der Waals surface area contributed by atoms with E-state index < -0.39 is 0 Å². The Morgan fingerprint density at radius 3 is 2.73 bits per heavy atom. The Bertz CT molecular complexity index is 157. The Balaban J connectivity index is 3.51.